The number of rotatable bonds is 4. The molecule has 0 spiro atoms. The van der Waals surface area contributed by atoms with Crippen molar-refractivity contribution < 1.29 is 13.9 Å². The number of carbonyl (C=O) groups is 1. The molecule has 0 bridgehead atoms. The Balaban J connectivity index is 2.58. The van der Waals surface area contributed by atoms with Crippen molar-refractivity contribution in [3.8, 4) is 0 Å². The molecule has 0 amide bonds. The Kier molecular flexibility index (Phi) is 4.39. The molecule has 100 valence electrons. The molecule has 0 N–H and O–H groups in total. The maximum atomic E-state index is 11.3. The van der Waals surface area contributed by atoms with E-state index in [-0.39, 0.29) is 0 Å². The van der Waals surface area contributed by atoms with E-state index in [0.29, 0.717) is 5.42 Å². The van der Waals surface area contributed by atoms with E-state index in [1.807, 2.05) is 24.3 Å². The summed E-state index contributed by atoms with van der Waals surface area (Å²) in [7, 11) is 1.36. The largest absolute Gasteiger partial charge is 0.466 e. The molecule has 0 aliphatic carbocycles. The highest BCUT2D eigenvalue weighted by atomic mass is 16.5. The first-order valence-electron chi connectivity index (χ1n) is 6.53. The summed E-state index contributed by atoms with van der Waals surface area (Å²) in [6.07, 6.45) is 6.73. The van der Waals surface area contributed by atoms with E-state index in [9.17, 15) is 4.79 Å². The van der Waals surface area contributed by atoms with Crippen LogP contribution >= 0.6 is 0 Å². The first kappa shape index (κ1) is 13.4. The van der Waals surface area contributed by atoms with Crippen LogP contribution in [0.2, 0.25) is 0 Å². The van der Waals surface area contributed by atoms with Gasteiger partial charge in [0.25, 0.3) is 0 Å². The number of hydrogen-bond acceptors (Lipinski definition) is 3. The second-order valence-electron chi connectivity index (χ2n) is 4.39. The van der Waals surface area contributed by atoms with Crippen LogP contribution in [-0.2, 0) is 9.53 Å². The summed E-state index contributed by atoms with van der Waals surface area (Å²) in [6.45, 7) is 2.16. The highest BCUT2D eigenvalue weighted by Gasteiger charge is 2.04. The van der Waals surface area contributed by atoms with Gasteiger partial charge >= 0.3 is 5.97 Å². The second kappa shape index (κ2) is 6.23. The summed E-state index contributed by atoms with van der Waals surface area (Å²) in [4.78, 5) is 11.3. The molecule has 0 aliphatic heterocycles. The Morgan fingerprint density at radius 2 is 1.95 bits per heavy atom. The zero-order chi connectivity index (χ0) is 13.7. The van der Waals surface area contributed by atoms with Crippen LogP contribution in [0.1, 0.15) is 26.2 Å². The molecule has 1 heterocycles. The number of unbranched alkanes of at least 4 members (excludes halogenated alkanes) is 2. The van der Waals surface area contributed by atoms with Crippen LogP contribution in [0.15, 0.2) is 28.7 Å². The molecule has 3 heteroatoms. The summed E-state index contributed by atoms with van der Waals surface area (Å²) in [5.41, 5.74) is 1.39. The van der Waals surface area contributed by atoms with Gasteiger partial charge in [-0.15, -0.1) is 0 Å². The van der Waals surface area contributed by atoms with E-state index >= 15 is 0 Å². The Labute approximate surface area is 112 Å². The van der Waals surface area contributed by atoms with Gasteiger partial charge in [-0.1, -0.05) is 37.6 Å². The highest BCUT2D eigenvalue weighted by Crippen LogP contribution is 2.06. The molecule has 2 aromatic rings. The molecular weight excluding hydrogens is 240 g/mol. The molecule has 0 saturated heterocycles. The quantitative estimate of drug-likeness (QED) is 0.624. The van der Waals surface area contributed by atoms with E-state index in [1.54, 1.807) is 0 Å². The summed E-state index contributed by atoms with van der Waals surface area (Å²) in [5.74, 6) is -0.403. The smallest absolute Gasteiger partial charge is 0.334 e. The topological polar surface area (TPSA) is 39.4 Å². The van der Waals surface area contributed by atoms with Crippen molar-refractivity contribution in [1.82, 2.24) is 0 Å². The van der Waals surface area contributed by atoms with E-state index in [4.69, 9.17) is 4.42 Å². The van der Waals surface area contributed by atoms with Gasteiger partial charge in [0.1, 0.15) is 10.8 Å². The van der Waals surface area contributed by atoms with Gasteiger partial charge in [0, 0.05) is 10.8 Å². The van der Waals surface area contributed by atoms with Crippen LogP contribution in [0.5, 0.6) is 0 Å². The van der Waals surface area contributed by atoms with Crippen molar-refractivity contribution in [2.45, 2.75) is 26.2 Å². The third-order valence-corrected chi connectivity index (χ3v) is 3.02. The molecule has 0 radical (unpaired) electrons. The molecule has 0 unspecified atom stereocenters. The minimum Gasteiger partial charge on any atom is -0.466 e. The van der Waals surface area contributed by atoms with E-state index < -0.39 is 5.97 Å². The van der Waals surface area contributed by atoms with Crippen LogP contribution in [0.4, 0.5) is 0 Å². The monoisotopic (exact) mass is 258 g/mol. The summed E-state index contributed by atoms with van der Waals surface area (Å²) < 4.78 is 10.4. The van der Waals surface area contributed by atoms with Crippen molar-refractivity contribution in [3.63, 3.8) is 0 Å². The van der Waals surface area contributed by atoms with E-state index in [2.05, 4.69) is 17.7 Å². The van der Waals surface area contributed by atoms with Crippen molar-refractivity contribution in [2.24, 2.45) is 0 Å². The van der Waals surface area contributed by atoms with Crippen LogP contribution < -0.4 is 10.8 Å². The minimum atomic E-state index is -0.403. The van der Waals surface area contributed by atoms with Crippen LogP contribution in [0.3, 0.4) is 0 Å². The van der Waals surface area contributed by atoms with E-state index in [0.717, 1.165) is 35.5 Å². The van der Waals surface area contributed by atoms with Crippen molar-refractivity contribution in [2.75, 3.05) is 7.11 Å². The lowest BCUT2D eigenvalue weighted by Crippen LogP contribution is -2.05. The molecule has 3 nitrogen and oxygen atoms in total. The average Bonchev–Trinajstić information content (AvgIpc) is 2.78. The molecule has 0 atom stereocenters. The van der Waals surface area contributed by atoms with Crippen molar-refractivity contribution in [1.29, 1.82) is 0 Å². The number of furan rings is 1. The number of hydrogen-bond donors (Lipinski definition) is 0. The molecular formula is C16H18O3. The summed E-state index contributed by atoms with van der Waals surface area (Å²) >= 11 is 0. The van der Waals surface area contributed by atoms with Gasteiger partial charge in [-0.05, 0) is 18.9 Å². The first-order chi connectivity index (χ1) is 9.26. The van der Waals surface area contributed by atoms with Crippen molar-refractivity contribution >= 4 is 28.9 Å². The maximum Gasteiger partial charge on any atom is 0.334 e. The van der Waals surface area contributed by atoms with Gasteiger partial charge in [-0.25, -0.2) is 4.79 Å². The third kappa shape index (κ3) is 3.05. The van der Waals surface area contributed by atoms with Gasteiger partial charge in [0.05, 0.1) is 13.2 Å². The Bertz CT molecular complexity index is 680. The standard InChI is InChI=1S/C16H18O3/c1-3-4-5-10-14-12-8-6-7-9-13(12)15(19-14)11-16(17)18-2/h6-11H,3-5H2,1-2H3/b14-10+,15-11-. The molecule has 0 aliphatic rings. The highest BCUT2D eigenvalue weighted by molar-refractivity contribution is 6.01. The molecule has 0 fully saturated rings. The number of methoxy groups -OCH3 is 1. The Morgan fingerprint density at radius 3 is 2.58 bits per heavy atom. The summed E-state index contributed by atoms with van der Waals surface area (Å²) in [6, 6.07) is 7.86. The first-order valence-corrected chi connectivity index (χ1v) is 6.53. The van der Waals surface area contributed by atoms with Crippen molar-refractivity contribution in [3.05, 3.63) is 35.1 Å². The normalized spacial score (nSPS) is 13.2. The zero-order valence-electron chi connectivity index (χ0n) is 11.3. The van der Waals surface area contributed by atoms with Gasteiger partial charge < -0.3 is 9.15 Å². The molecule has 0 saturated carbocycles. The van der Waals surface area contributed by atoms with Crippen LogP contribution in [-0.4, -0.2) is 13.1 Å². The minimum absolute atomic E-state index is 0.403. The lowest BCUT2D eigenvalue weighted by atomic mass is 10.2. The molecule has 1 aromatic heterocycles. The van der Waals surface area contributed by atoms with E-state index in [1.165, 1.54) is 13.2 Å². The molecule has 2 rings (SSSR count). The van der Waals surface area contributed by atoms with Gasteiger partial charge in [-0.3, -0.25) is 0 Å². The number of benzene rings is 1. The Hall–Kier alpha value is -2.03. The Morgan fingerprint density at radius 1 is 1.26 bits per heavy atom. The number of carbonyl (C=O) groups excluding carboxylic acids is 1. The predicted molar refractivity (Wildman–Crippen MR) is 75.9 cm³/mol. The average molecular weight is 258 g/mol. The zero-order valence-corrected chi connectivity index (χ0v) is 11.3. The fourth-order valence-electron chi connectivity index (χ4n) is 2.00. The fourth-order valence-corrected chi connectivity index (χ4v) is 2.00. The number of esters is 1. The second-order valence-corrected chi connectivity index (χ2v) is 4.39. The van der Waals surface area contributed by atoms with Crippen LogP contribution in [0.25, 0.3) is 22.9 Å². The van der Waals surface area contributed by atoms with Gasteiger partial charge in [0.2, 0.25) is 0 Å². The lowest BCUT2D eigenvalue weighted by molar-refractivity contribution is -0.133. The SMILES string of the molecule is CCCC/C=c1/o/c(=C\C(=O)OC)c2ccccc12. The van der Waals surface area contributed by atoms with Gasteiger partial charge in [0.15, 0.2) is 0 Å². The number of ether oxygens (including phenoxy) is 1. The third-order valence-electron chi connectivity index (χ3n) is 3.02. The van der Waals surface area contributed by atoms with Gasteiger partial charge in [-0.2, -0.15) is 0 Å². The molecule has 1 aromatic carbocycles. The number of fused-ring (bicyclic) bond motifs is 1. The lowest BCUT2D eigenvalue weighted by Gasteiger charge is -1.88. The van der Waals surface area contributed by atoms with Crippen LogP contribution in [0, 0.1) is 0 Å². The predicted octanol–water partition coefficient (Wildman–Crippen LogP) is 2.36. The molecule has 19 heavy (non-hydrogen) atoms. The maximum absolute atomic E-state index is 11.3. The summed E-state index contributed by atoms with van der Waals surface area (Å²) in [5, 5.41) is 1.98. The fraction of sp³-hybridized carbons (Fsp3) is 0.312.